The first kappa shape index (κ1) is 16.9. The van der Waals surface area contributed by atoms with Gasteiger partial charge in [-0.2, -0.15) is 4.98 Å². The van der Waals surface area contributed by atoms with Crippen molar-refractivity contribution < 1.29 is 9.47 Å². The van der Waals surface area contributed by atoms with Crippen LogP contribution in [0, 0.1) is 0 Å². The van der Waals surface area contributed by atoms with Crippen molar-refractivity contribution in [2.45, 2.75) is 37.8 Å². The summed E-state index contributed by atoms with van der Waals surface area (Å²) in [6, 6.07) is 5.86. The fourth-order valence-corrected chi connectivity index (χ4v) is 3.50. The summed E-state index contributed by atoms with van der Waals surface area (Å²) < 4.78 is 13.3. The second-order valence-electron chi connectivity index (χ2n) is 6.71. The molecule has 1 aliphatic heterocycles. The maximum absolute atomic E-state index is 12.5. The minimum absolute atomic E-state index is 0.115. The van der Waals surface area contributed by atoms with Gasteiger partial charge in [0.1, 0.15) is 18.0 Å². The molecular weight excluding hydrogens is 334 g/mol. The Morgan fingerprint density at radius 1 is 1.27 bits per heavy atom. The van der Waals surface area contributed by atoms with Crippen molar-refractivity contribution in [1.29, 1.82) is 0 Å². The highest BCUT2D eigenvalue weighted by Gasteiger charge is 2.26. The number of nitrogens with two attached hydrogens (primary N) is 2. The predicted molar refractivity (Wildman–Crippen MR) is 98.3 cm³/mol. The zero-order chi connectivity index (χ0) is 18.1. The largest absolute Gasteiger partial charge is 0.490 e. The molecule has 1 fully saturated rings. The fraction of sp³-hybridized carbons (Fsp3) is 0.444. The molecular formula is C18H23N5O3. The van der Waals surface area contributed by atoms with Gasteiger partial charge in [-0.05, 0) is 37.8 Å². The highest BCUT2D eigenvalue weighted by Crippen LogP contribution is 2.45. The molecule has 0 radical (unpaired) electrons. The summed E-state index contributed by atoms with van der Waals surface area (Å²) in [4.78, 5) is 16.7. The lowest BCUT2D eigenvalue weighted by atomic mass is 9.92. The van der Waals surface area contributed by atoms with Crippen molar-refractivity contribution in [2.75, 3.05) is 18.5 Å². The number of benzene rings is 1. The Morgan fingerprint density at radius 2 is 2.08 bits per heavy atom. The second-order valence-corrected chi connectivity index (χ2v) is 6.71. The van der Waals surface area contributed by atoms with Crippen LogP contribution in [0.5, 0.6) is 17.2 Å². The molecule has 2 heterocycles. The highest BCUT2D eigenvalue weighted by molar-refractivity contribution is 5.77. The van der Waals surface area contributed by atoms with Crippen molar-refractivity contribution in [3.63, 3.8) is 0 Å². The number of nitrogens with one attached hydrogen (secondary N) is 1. The third-order valence-corrected chi connectivity index (χ3v) is 4.88. The van der Waals surface area contributed by atoms with E-state index in [0.717, 1.165) is 25.7 Å². The van der Waals surface area contributed by atoms with Gasteiger partial charge in [0.2, 0.25) is 0 Å². The predicted octanol–water partition coefficient (Wildman–Crippen LogP) is 1.87. The maximum atomic E-state index is 12.5. The minimum Gasteiger partial charge on any atom is -0.490 e. The molecule has 1 aliphatic carbocycles. The quantitative estimate of drug-likeness (QED) is 0.652. The molecule has 2 aliphatic rings. The van der Waals surface area contributed by atoms with Crippen molar-refractivity contribution in [3.05, 3.63) is 34.9 Å². The van der Waals surface area contributed by atoms with Gasteiger partial charge in [-0.15, -0.1) is 0 Å². The van der Waals surface area contributed by atoms with E-state index in [2.05, 4.69) is 10.3 Å². The first-order valence-corrected chi connectivity index (χ1v) is 8.95. The SMILES string of the molecule is NCCOc1cccc2c1Nc1nc(=O)n([C@H]3CC[C@H](N)CC3)cc1O2. The first-order chi connectivity index (χ1) is 12.7. The lowest BCUT2D eigenvalue weighted by Gasteiger charge is -2.29. The number of hydrogen-bond acceptors (Lipinski definition) is 7. The van der Waals surface area contributed by atoms with Crippen LogP contribution in [0.15, 0.2) is 29.2 Å². The van der Waals surface area contributed by atoms with Gasteiger partial charge in [0.15, 0.2) is 17.3 Å². The Morgan fingerprint density at radius 3 is 2.85 bits per heavy atom. The van der Waals surface area contributed by atoms with Gasteiger partial charge in [0.25, 0.3) is 0 Å². The van der Waals surface area contributed by atoms with Gasteiger partial charge in [-0.25, -0.2) is 4.79 Å². The van der Waals surface area contributed by atoms with Crippen molar-refractivity contribution in [2.24, 2.45) is 11.5 Å². The summed E-state index contributed by atoms with van der Waals surface area (Å²) in [5.41, 5.74) is 11.8. The topological polar surface area (TPSA) is 117 Å². The third kappa shape index (κ3) is 3.13. The summed E-state index contributed by atoms with van der Waals surface area (Å²) in [5, 5.41) is 3.16. The van der Waals surface area contributed by atoms with Crippen LogP contribution in [0.1, 0.15) is 31.7 Å². The Balaban J connectivity index is 1.64. The van der Waals surface area contributed by atoms with Crippen LogP contribution >= 0.6 is 0 Å². The first-order valence-electron chi connectivity index (χ1n) is 8.95. The van der Waals surface area contributed by atoms with Crippen molar-refractivity contribution in [3.8, 4) is 17.2 Å². The van der Waals surface area contributed by atoms with Crippen LogP contribution < -0.4 is 31.9 Å². The Hall–Kier alpha value is -2.58. The smallest absolute Gasteiger partial charge is 0.350 e. The molecule has 0 spiro atoms. The molecule has 4 rings (SSSR count). The Kier molecular flexibility index (Phi) is 4.52. The van der Waals surface area contributed by atoms with Crippen molar-refractivity contribution in [1.82, 2.24) is 9.55 Å². The van der Waals surface area contributed by atoms with E-state index < -0.39 is 0 Å². The molecule has 1 aromatic heterocycles. The Labute approximate surface area is 151 Å². The van der Waals surface area contributed by atoms with Gasteiger partial charge < -0.3 is 26.3 Å². The van der Waals surface area contributed by atoms with Crippen LogP contribution in [0.3, 0.4) is 0 Å². The molecule has 8 heteroatoms. The number of anilines is 2. The summed E-state index contributed by atoms with van der Waals surface area (Å²) in [7, 11) is 0. The monoisotopic (exact) mass is 357 g/mol. The van der Waals surface area contributed by atoms with E-state index in [4.69, 9.17) is 20.9 Å². The van der Waals surface area contributed by atoms with E-state index in [0.29, 0.717) is 41.9 Å². The van der Waals surface area contributed by atoms with Crippen LogP contribution in [0.4, 0.5) is 11.5 Å². The number of ether oxygens (including phenoxy) is 2. The van der Waals surface area contributed by atoms with Gasteiger partial charge in [0.05, 0.1) is 6.20 Å². The van der Waals surface area contributed by atoms with Gasteiger partial charge in [-0.1, -0.05) is 6.07 Å². The van der Waals surface area contributed by atoms with E-state index in [-0.39, 0.29) is 17.8 Å². The highest BCUT2D eigenvalue weighted by atomic mass is 16.5. The Bertz CT molecular complexity index is 858. The third-order valence-electron chi connectivity index (χ3n) is 4.88. The van der Waals surface area contributed by atoms with Crippen LogP contribution in [-0.4, -0.2) is 28.7 Å². The van der Waals surface area contributed by atoms with Crippen LogP contribution in [0.25, 0.3) is 0 Å². The molecule has 5 N–H and O–H groups in total. The summed E-state index contributed by atoms with van der Waals surface area (Å²) in [5.74, 6) is 2.17. The van der Waals surface area contributed by atoms with Crippen LogP contribution in [-0.2, 0) is 0 Å². The number of para-hydroxylation sites is 1. The second kappa shape index (κ2) is 6.97. The molecule has 0 amide bonds. The zero-order valence-electron chi connectivity index (χ0n) is 14.5. The molecule has 0 saturated heterocycles. The van der Waals surface area contributed by atoms with Gasteiger partial charge >= 0.3 is 5.69 Å². The maximum Gasteiger partial charge on any atom is 0.350 e. The van der Waals surface area contributed by atoms with E-state index in [1.165, 1.54) is 0 Å². The molecule has 2 aromatic rings. The normalized spacial score (nSPS) is 21.2. The number of fused-ring (bicyclic) bond motifs is 2. The number of aromatic nitrogens is 2. The standard InChI is InChI=1S/C18H23N5O3/c19-8-9-25-13-2-1-3-14-16(13)21-17-15(26-14)10-23(18(24)22-17)12-6-4-11(20)5-7-12/h1-3,10-12H,4-9,19-20H2,(H,21,22,24)/t11-,12-. The molecule has 138 valence electrons. The fourth-order valence-electron chi connectivity index (χ4n) is 3.50. The number of rotatable bonds is 4. The van der Waals surface area contributed by atoms with Crippen LogP contribution in [0.2, 0.25) is 0 Å². The van der Waals surface area contributed by atoms with E-state index >= 15 is 0 Å². The average molecular weight is 357 g/mol. The van der Waals surface area contributed by atoms with Gasteiger partial charge in [0, 0.05) is 18.6 Å². The zero-order valence-corrected chi connectivity index (χ0v) is 14.5. The molecule has 1 saturated carbocycles. The lowest BCUT2D eigenvalue weighted by molar-refractivity contribution is 0.311. The minimum atomic E-state index is -0.288. The molecule has 0 atom stereocenters. The number of nitrogens with zero attached hydrogens (tertiary/aromatic N) is 2. The summed E-state index contributed by atoms with van der Waals surface area (Å²) in [6.07, 6.45) is 5.33. The molecule has 8 nitrogen and oxygen atoms in total. The van der Waals surface area contributed by atoms with Gasteiger partial charge in [-0.3, -0.25) is 4.57 Å². The van der Waals surface area contributed by atoms with E-state index in [9.17, 15) is 4.79 Å². The molecule has 1 aromatic carbocycles. The molecule has 0 bridgehead atoms. The summed E-state index contributed by atoms with van der Waals surface area (Å²) >= 11 is 0. The van der Waals surface area contributed by atoms with Crippen molar-refractivity contribution >= 4 is 11.5 Å². The van der Waals surface area contributed by atoms with E-state index in [1.54, 1.807) is 10.8 Å². The van der Waals surface area contributed by atoms with E-state index in [1.807, 2.05) is 18.2 Å². The lowest BCUT2D eigenvalue weighted by Crippen LogP contribution is -2.33. The molecule has 26 heavy (non-hydrogen) atoms. The number of hydrogen-bond donors (Lipinski definition) is 3. The average Bonchev–Trinajstić information content (AvgIpc) is 2.65. The molecule has 0 unspecified atom stereocenters. The summed E-state index contributed by atoms with van der Waals surface area (Å²) in [6.45, 7) is 0.805.